The third-order valence-corrected chi connectivity index (χ3v) is 5.37. The molecule has 5 rings (SSSR count). The Morgan fingerprint density at radius 1 is 1.20 bits per heavy atom. The van der Waals surface area contributed by atoms with E-state index in [1.165, 1.54) is 22.2 Å². The standard InChI is InChI=1S/C16H17N3O/c20-14-9-18-8-6-16(10-18)15-12(5-7-19(14)16)11-3-1-2-4-13(11)17-15/h1-4,17H,5-10H2. The summed E-state index contributed by atoms with van der Waals surface area (Å²) in [5.41, 5.74) is 3.88. The van der Waals surface area contributed by atoms with Crippen LogP contribution >= 0.6 is 0 Å². The predicted molar refractivity (Wildman–Crippen MR) is 76.5 cm³/mol. The second-order valence-electron chi connectivity index (χ2n) is 6.31. The van der Waals surface area contributed by atoms with Gasteiger partial charge >= 0.3 is 0 Å². The summed E-state index contributed by atoms with van der Waals surface area (Å²) in [5, 5.41) is 1.34. The van der Waals surface area contributed by atoms with Crippen molar-refractivity contribution in [1.29, 1.82) is 0 Å². The number of nitrogens with zero attached hydrogens (tertiary/aromatic N) is 2. The molecule has 3 aliphatic rings. The molecule has 4 nitrogen and oxygen atoms in total. The predicted octanol–water partition coefficient (Wildman–Crippen LogP) is 1.47. The lowest BCUT2D eigenvalue weighted by atomic mass is 9.83. The van der Waals surface area contributed by atoms with Gasteiger partial charge in [-0.2, -0.15) is 0 Å². The first-order valence-electron chi connectivity index (χ1n) is 7.41. The van der Waals surface area contributed by atoms with Crippen molar-refractivity contribution in [3.8, 4) is 0 Å². The first-order chi connectivity index (χ1) is 9.78. The lowest BCUT2D eigenvalue weighted by Gasteiger charge is -2.47. The number of fused-ring (bicyclic) bond motifs is 4. The highest BCUT2D eigenvalue weighted by atomic mass is 16.2. The summed E-state index contributed by atoms with van der Waals surface area (Å²) < 4.78 is 0. The molecule has 20 heavy (non-hydrogen) atoms. The third-order valence-electron chi connectivity index (χ3n) is 5.37. The van der Waals surface area contributed by atoms with Crippen molar-refractivity contribution in [2.45, 2.75) is 18.4 Å². The van der Waals surface area contributed by atoms with E-state index in [0.29, 0.717) is 12.5 Å². The Morgan fingerprint density at radius 2 is 2.10 bits per heavy atom. The normalized spacial score (nSPS) is 31.5. The van der Waals surface area contributed by atoms with Crippen LogP contribution in [0.5, 0.6) is 0 Å². The number of carbonyl (C=O) groups is 1. The Kier molecular flexibility index (Phi) is 1.88. The van der Waals surface area contributed by atoms with Gasteiger partial charge in [-0.05, 0) is 24.5 Å². The molecule has 102 valence electrons. The second kappa shape index (κ2) is 3.44. The number of aromatic amines is 1. The van der Waals surface area contributed by atoms with E-state index in [0.717, 1.165) is 32.5 Å². The van der Waals surface area contributed by atoms with Crippen LogP contribution in [0.2, 0.25) is 0 Å². The van der Waals surface area contributed by atoms with Gasteiger partial charge in [0.05, 0.1) is 12.1 Å². The van der Waals surface area contributed by atoms with Crippen molar-refractivity contribution in [3.05, 3.63) is 35.5 Å². The fourth-order valence-corrected chi connectivity index (χ4v) is 4.50. The van der Waals surface area contributed by atoms with E-state index in [1.807, 2.05) is 0 Å². The van der Waals surface area contributed by atoms with Crippen LogP contribution in [-0.2, 0) is 16.8 Å². The minimum atomic E-state index is -0.0814. The minimum absolute atomic E-state index is 0.0814. The number of nitrogens with one attached hydrogen (secondary N) is 1. The summed E-state index contributed by atoms with van der Waals surface area (Å²) in [4.78, 5) is 20.5. The van der Waals surface area contributed by atoms with Gasteiger partial charge in [-0.1, -0.05) is 18.2 Å². The molecule has 2 saturated heterocycles. The summed E-state index contributed by atoms with van der Waals surface area (Å²) in [6.07, 6.45) is 2.05. The molecule has 4 heterocycles. The van der Waals surface area contributed by atoms with Crippen molar-refractivity contribution >= 4 is 16.8 Å². The molecule has 3 aliphatic heterocycles. The van der Waals surface area contributed by atoms with E-state index in [9.17, 15) is 4.79 Å². The number of H-pyrrole nitrogens is 1. The molecular weight excluding hydrogens is 250 g/mol. The highest BCUT2D eigenvalue weighted by Gasteiger charge is 2.54. The Balaban J connectivity index is 1.80. The number of aromatic nitrogens is 1. The van der Waals surface area contributed by atoms with E-state index in [1.54, 1.807) is 0 Å². The molecule has 0 radical (unpaired) electrons. The van der Waals surface area contributed by atoms with Crippen LogP contribution in [-0.4, -0.2) is 46.9 Å². The minimum Gasteiger partial charge on any atom is -0.356 e. The van der Waals surface area contributed by atoms with Gasteiger partial charge in [0, 0.05) is 36.2 Å². The van der Waals surface area contributed by atoms with Crippen LogP contribution in [0.3, 0.4) is 0 Å². The number of amides is 1. The zero-order valence-corrected chi connectivity index (χ0v) is 11.4. The van der Waals surface area contributed by atoms with Gasteiger partial charge in [-0.25, -0.2) is 0 Å². The highest BCUT2D eigenvalue weighted by Crippen LogP contribution is 2.46. The molecule has 2 atom stereocenters. The van der Waals surface area contributed by atoms with Gasteiger partial charge in [-0.15, -0.1) is 0 Å². The summed E-state index contributed by atoms with van der Waals surface area (Å²) in [5.74, 6) is 0.304. The van der Waals surface area contributed by atoms with Gasteiger partial charge < -0.3 is 9.88 Å². The fraction of sp³-hybridized carbons (Fsp3) is 0.438. The van der Waals surface area contributed by atoms with Crippen molar-refractivity contribution < 1.29 is 4.79 Å². The van der Waals surface area contributed by atoms with Crippen LogP contribution < -0.4 is 0 Å². The zero-order chi connectivity index (χ0) is 13.3. The molecule has 2 fully saturated rings. The number of hydrogen-bond donors (Lipinski definition) is 1. The molecule has 1 amide bonds. The van der Waals surface area contributed by atoms with Crippen LogP contribution in [0.4, 0.5) is 0 Å². The highest BCUT2D eigenvalue weighted by molar-refractivity contribution is 5.87. The zero-order valence-electron chi connectivity index (χ0n) is 11.4. The van der Waals surface area contributed by atoms with Gasteiger partial charge in [0.1, 0.15) is 0 Å². The van der Waals surface area contributed by atoms with E-state index in [2.05, 4.69) is 39.0 Å². The lowest BCUT2D eigenvalue weighted by Crippen LogP contribution is -2.60. The molecular formula is C16H17N3O. The molecule has 4 heteroatoms. The monoisotopic (exact) mass is 267 g/mol. The quantitative estimate of drug-likeness (QED) is 0.785. The maximum absolute atomic E-state index is 12.4. The van der Waals surface area contributed by atoms with Gasteiger partial charge in [0.15, 0.2) is 0 Å². The number of piperazine rings is 1. The average Bonchev–Trinajstić information content (AvgIpc) is 3.00. The average molecular weight is 267 g/mol. The van der Waals surface area contributed by atoms with Crippen LogP contribution in [0.15, 0.2) is 24.3 Å². The Hall–Kier alpha value is -1.81. The molecule has 1 spiro atoms. The van der Waals surface area contributed by atoms with Crippen molar-refractivity contribution in [2.24, 2.45) is 0 Å². The van der Waals surface area contributed by atoms with Crippen LogP contribution in [0.1, 0.15) is 17.7 Å². The summed E-state index contributed by atoms with van der Waals surface area (Å²) in [6, 6.07) is 8.53. The van der Waals surface area contributed by atoms with Gasteiger partial charge in [0.2, 0.25) is 5.91 Å². The summed E-state index contributed by atoms with van der Waals surface area (Å²) in [6.45, 7) is 3.52. The molecule has 0 saturated carbocycles. The number of hydrogen-bond acceptors (Lipinski definition) is 2. The van der Waals surface area contributed by atoms with Crippen LogP contribution in [0.25, 0.3) is 10.9 Å². The number of benzene rings is 1. The van der Waals surface area contributed by atoms with E-state index >= 15 is 0 Å². The van der Waals surface area contributed by atoms with Gasteiger partial charge in [0.25, 0.3) is 0 Å². The van der Waals surface area contributed by atoms with E-state index in [-0.39, 0.29) is 5.54 Å². The molecule has 2 bridgehead atoms. The first-order valence-corrected chi connectivity index (χ1v) is 7.41. The molecule has 2 aromatic rings. The van der Waals surface area contributed by atoms with Crippen LogP contribution in [0, 0.1) is 0 Å². The molecule has 1 aromatic carbocycles. The molecule has 1 N–H and O–H groups in total. The largest absolute Gasteiger partial charge is 0.356 e. The van der Waals surface area contributed by atoms with Crippen molar-refractivity contribution in [3.63, 3.8) is 0 Å². The van der Waals surface area contributed by atoms with Crippen molar-refractivity contribution in [1.82, 2.24) is 14.8 Å². The van der Waals surface area contributed by atoms with Crippen molar-refractivity contribution in [2.75, 3.05) is 26.2 Å². The molecule has 1 aromatic heterocycles. The van der Waals surface area contributed by atoms with Gasteiger partial charge in [-0.3, -0.25) is 9.69 Å². The second-order valence-corrected chi connectivity index (χ2v) is 6.31. The molecule has 0 aliphatic carbocycles. The van der Waals surface area contributed by atoms with E-state index in [4.69, 9.17) is 0 Å². The third kappa shape index (κ3) is 1.14. The number of carbonyl (C=O) groups excluding carboxylic acids is 1. The summed E-state index contributed by atoms with van der Waals surface area (Å²) >= 11 is 0. The Labute approximate surface area is 117 Å². The van der Waals surface area contributed by atoms with E-state index < -0.39 is 0 Å². The maximum atomic E-state index is 12.4. The first kappa shape index (κ1) is 10.9. The molecule has 2 unspecified atom stereocenters. The maximum Gasteiger partial charge on any atom is 0.237 e. The number of rotatable bonds is 0. The smallest absolute Gasteiger partial charge is 0.237 e. The Bertz CT molecular complexity index is 734. The Morgan fingerprint density at radius 3 is 3.05 bits per heavy atom. The lowest BCUT2D eigenvalue weighted by molar-refractivity contribution is -0.143. The fourth-order valence-electron chi connectivity index (χ4n) is 4.50. The summed E-state index contributed by atoms with van der Waals surface area (Å²) in [7, 11) is 0. The number of para-hydroxylation sites is 1. The topological polar surface area (TPSA) is 39.3 Å². The SMILES string of the molecule is O=C1CN2CCC3(C2)c2[nH]c4ccccc4c2CCN13.